The van der Waals surface area contributed by atoms with E-state index in [2.05, 4.69) is 113 Å². The predicted molar refractivity (Wildman–Crippen MR) is 240 cm³/mol. The molecule has 0 spiro atoms. The number of hydrogen-bond donors (Lipinski definition) is 1. The summed E-state index contributed by atoms with van der Waals surface area (Å²) in [4.78, 5) is 0. The van der Waals surface area contributed by atoms with Gasteiger partial charge < -0.3 is 15.2 Å². The molecule has 4 aromatic rings. The van der Waals surface area contributed by atoms with E-state index in [1.54, 1.807) is 6.07 Å². The second-order valence-electron chi connectivity index (χ2n) is 17.7. The molecule has 0 atom stereocenters. The Hall–Kier alpha value is -2.72. The van der Waals surface area contributed by atoms with Crippen molar-refractivity contribution in [1.82, 2.24) is 0 Å². The van der Waals surface area contributed by atoms with Gasteiger partial charge in [-0.25, -0.2) is 0 Å². The van der Waals surface area contributed by atoms with E-state index in [0.717, 1.165) is 41.9 Å². The van der Waals surface area contributed by atoms with Crippen molar-refractivity contribution in [3.05, 3.63) is 101 Å². The molecule has 0 unspecified atom stereocenters. The van der Waals surface area contributed by atoms with E-state index in [9.17, 15) is 8.42 Å². The zero-order valence-corrected chi connectivity index (χ0v) is 40.0. The third-order valence-electron chi connectivity index (χ3n) is 8.76. The monoisotopic (exact) mass is 896 g/mol. The summed E-state index contributed by atoms with van der Waals surface area (Å²) in [5.41, 5.74) is 17.2. The molecule has 0 fully saturated rings. The second-order valence-corrected chi connectivity index (χ2v) is 23.4. The SMILES string of the molecule is COc1ccc(OC)c([PH+](C(C)(C)C)C(C)(C)C)c1-c1c(CC(C)C)cc(CC(C)C)cc1CC(C)C.CS(=O)(=O)O.[NH-]c1ccccc1-c1[c-]cccc1.[Pd+2]. The number of methoxy groups -OCH3 is 2. The van der Waals surface area contributed by atoms with Crippen LogP contribution in [0.5, 0.6) is 11.5 Å². The Morgan fingerprint density at radius 3 is 1.55 bits per heavy atom. The topological polar surface area (TPSA) is 96.6 Å². The maximum Gasteiger partial charge on any atom is 2.00 e. The van der Waals surface area contributed by atoms with Gasteiger partial charge in [-0.05, 0) is 113 Å². The van der Waals surface area contributed by atoms with Crippen LogP contribution in [-0.2, 0) is 49.8 Å². The third kappa shape index (κ3) is 16.3. The fourth-order valence-corrected chi connectivity index (χ4v) is 12.2. The molecule has 9 heteroatoms. The molecule has 6 nitrogen and oxygen atoms in total. The summed E-state index contributed by atoms with van der Waals surface area (Å²) in [6.07, 6.45) is 3.93. The van der Waals surface area contributed by atoms with Crippen LogP contribution in [0.25, 0.3) is 28.0 Å². The van der Waals surface area contributed by atoms with Gasteiger partial charge in [0.05, 0.1) is 36.4 Å². The Bertz CT molecular complexity index is 1860. The van der Waals surface area contributed by atoms with Crippen LogP contribution in [0.2, 0.25) is 0 Å². The van der Waals surface area contributed by atoms with Gasteiger partial charge in [0.15, 0.2) is 5.75 Å². The minimum Gasteiger partial charge on any atom is -0.706 e. The molecule has 312 valence electrons. The van der Waals surface area contributed by atoms with Crippen molar-refractivity contribution in [3.63, 3.8) is 0 Å². The number of hydrogen-bond acceptors (Lipinski definition) is 4. The van der Waals surface area contributed by atoms with Crippen molar-refractivity contribution in [2.45, 2.75) is 113 Å². The van der Waals surface area contributed by atoms with Crippen LogP contribution in [0.15, 0.2) is 72.8 Å². The third-order valence-corrected chi connectivity index (χ3v) is 12.8. The second kappa shape index (κ2) is 22.4. The zero-order valence-electron chi connectivity index (χ0n) is 36.6. The van der Waals surface area contributed by atoms with E-state index < -0.39 is 18.0 Å². The summed E-state index contributed by atoms with van der Waals surface area (Å²) in [5, 5.41) is 1.65. The summed E-state index contributed by atoms with van der Waals surface area (Å²) in [7, 11) is -1.14. The first-order valence-electron chi connectivity index (χ1n) is 19.4. The van der Waals surface area contributed by atoms with Gasteiger partial charge >= 0.3 is 20.4 Å². The van der Waals surface area contributed by atoms with Crippen molar-refractivity contribution >= 4 is 29.0 Å². The van der Waals surface area contributed by atoms with E-state index in [1.807, 2.05) is 56.7 Å². The van der Waals surface area contributed by atoms with Crippen LogP contribution in [-0.4, -0.2) is 43.8 Å². The van der Waals surface area contributed by atoms with E-state index >= 15 is 0 Å². The van der Waals surface area contributed by atoms with E-state index in [-0.39, 0.29) is 30.7 Å². The molecular weight excluding hydrogens is 828 g/mol. The predicted octanol–water partition coefficient (Wildman–Crippen LogP) is 12.7. The Morgan fingerprint density at radius 1 is 0.714 bits per heavy atom. The average Bonchev–Trinajstić information content (AvgIpc) is 3.03. The minimum absolute atomic E-state index is 0. The molecule has 0 saturated heterocycles. The van der Waals surface area contributed by atoms with Crippen LogP contribution in [0.4, 0.5) is 5.69 Å². The maximum absolute atomic E-state index is 9.19. The van der Waals surface area contributed by atoms with E-state index in [0.29, 0.717) is 29.7 Å². The first-order chi connectivity index (χ1) is 25.4. The van der Waals surface area contributed by atoms with Gasteiger partial charge in [0.25, 0.3) is 10.1 Å². The normalized spacial score (nSPS) is 11.8. The Morgan fingerprint density at radius 2 is 1.16 bits per heavy atom. The van der Waals surface area contributed by atoms with Crippen LogP contribution >= 0.6 is 7.92 Å². The number of rotatable bonds is 11. The smallest absolute Gasteiger partial charge is 0.706 e. The zero-order chi connectivity index (χ0) is 41.9. The van der Waals surface area contributed by atoms with Crippen LogP contribution in [0, 0.1) is 23.8 Å². The molecule has 0 aromatic heterocycles. The summed E-state index contributed by atoms with van der Waals surface area (Å²) >= 11 is 0. The first kappa shape index (κ1) is 51.3. The van der Waals surface area contributed by atoms with Gasteiger partial charge in [0.2, 0.25) is 0 Å². The molecule has 0 bridgehead atoms. The molecule has 0 heterocycles. The largest absolute Gasteiger partial charge is 2.00 e. The van der Waals surface area contributed by atoms with E-state index in [4.69, 9.17) is 19.8 Å². The van der Waals surface area contributed by atoms with Gasteiger partial charge in [-0.15, -0.1) is 41.5 Å². The average molecular weight is 898 g/mol. The van der Waals surface area contributed by atoms with Crippen molar-refractivity contribution in [1.29, 1.82) is 0 Å². The maximum atomic E-state index is 9.19. The molecule has 2 N–H and O–H groups in total. The standard InChI is InChI=1S/C34H55O2P.C12H9N.CH4O3S.Pd/c1-22(2)17-25-20-26(18-23(3)4)30(27(21-25)19-24(5)6)31-28(35-13)15-16-29(36-14)32(31)37(33(7,8)9)34(10,11)12;13-12-9-5-4-8-11(12)10-6-2-1-3-7-10;1-5(2,3)4;/h15-16,20-24H,17-19H2,1-14H3;1-6,8-9,13H;1H3,(H,2,3,4);/q;-2;;+2/p+1. The minimum atomic E-state index is -3.67. The van der Waals surface area contributed by atoms with Gasteiger partial charge in [-0.3, -0.25) is 4.55 Å². The van der Waals surface area contributed by atoms with Crippen molar-refractivity contribution in [2.24, 2.45) is 17.8 Å². The quantitative estimate of drug-likeness (QED) is 0.0700. The molecule has 0 aliphatic rings. The van der Waals surface area contributed by atoms with Crippen LogP contribution in [0.1, 0.15) is 99.8 Å². The fourth-order valence-electron chi connectivity index (χ4n) is 7.51. The number of ether oxygens (including phenoxy) is 2. The van der Waals surface area contributed by atoms with E-state index in [1.165, 1.54) is 33.1 Å². The molecule has 4 rings (SSSR count). The van der Waals surface area contributed by atoms with Crippen LogP contribution in [0.3, 0.4) is 0 Å². The molecule has 0 aliphatic carbocycles. The van der Waals surface area contributed by atoms with Crippen LogP contribution < -0.4 is 14.8 Å². The molecular formula is C47H69NO5PPdS+. The Labute approximate surface area is 355 Å². The Balaban J connectivity index is 0.000000673. The fraction of sp³-hybridized carbons (Fsp3) is 0.489. The number of nitrogens with one attached hydrogen (secondary N) is 1. The molecule has 0 radical (unpaired) electrons. The summed E-state index contributed by atoms with van der Waals surface area (Å²) in [6.45, 7) is 28.4. The molecule has 0 saturated carbocycles. The summed E-state index contributed by atoms with van der Waals surface area (Å²) < 4.78 is 38.2. The molecule has 56 heavy (non-hydrogen) atoms. The van der Waals surface area contributed by atoms with Gasteiger partial charge in [0, 0.05) is 7.92 Å². The van der Waals surface area contributed by atoms with Crippen molar-refractivity contribution in [3.8, 4) is 33.8 Å². The molecule has 4 aromatic carbocycles. The van der Waals surface area contributed by atoms with Crippen molar-refractivity contribution < 1.29 is 42.9 Å². The van der Waals surface area contributed by atoms with Gasteiger partial charge in [0.1, 0.15) is 11.1 Å². The molecule has 0 aliphatic heterocycles. The van der Waals surface area contributed by atoms with Crippen molar-refractivity contribution in [2.75, 3.05) is 20.5 Å². The Kier molecular flexibility index (Phi) is 20.6. The first-order valence-corrected chi connectivity index (χ1v) is 22.7. The summed E-state index contributed by atoms with van der Waals surface area (Å²) in [5.74, 6) is 3.73. The van der Waals surface area contributed by atoms with Gasteiger partial charge in [-0.1, -0.05) is 77.9 Å². The molecule has 0 amide bonds. The van der Waals surface area contributed by atoms with Gasteiger partial charge in [-0.2, -0.15) is 14.1 Å². The number of benzene rings is 4. The summed E-state index contributed by atoms with van der Waals surface area (Å²) in [6, 6.07) is 27.6.